The van der Waals surface area contributed by atoms with E-state index < -0.39 is 75.0 Å². The number of hydrogen-bond donors (Lipinski definition) is 3. The first kappa shape index (κ1) is 24.9. The lowest BCUT2D eigenvalue weighted by atomic mass is 10.1. The summed E-state index contributed by atoms with van der Waals surface area (Å²) in [6.07, 6.45) is -20.0. The zero-order chi connectivity index (χ0) is 25.1. The molecule has 0 saturated heterocycles. The van der Waals surface area contributed by atoms with E-state index in [1.165, 1.54) is 5.32 Å². The summed E-state index contributed by atoms with van der Waals surface area (Å²) in [6, 6.07) is 0.664. The van der Waals surface area contributed by atoms with Crippen LogP contribution in [0.25, 0.3) is 0 Å². The Kier molecular flexibility index (Phi) is 6.00. The van der Waals surface area contributed by atoms with Gasteiger partial charge in [-0.1, -0.05) is 23.2 Å². The summed E-state index contributed by atoms with van der Waals surface area (Å²) in [7, 11) is 0. The molecule has 33 heavy (non-hydrogen) atoms. The predicted molar refractivity (Wildman–Crippen MR) is 96.0 cm³/mol. The van der Waals surface area contributed by atoms with Gasteiger partial charge >= 0.3 is 24.6 Å². The van der Waals surface area contributed by atoms with Crippen molar-refractivity contribution in [3.63, 3.8) is 0 Å². The Hall–Kier alpha value is -2.72. The van der Waals surface area contributed by atoms with Crippen molar-refractivity contribution < 1.29 is 49.4 Å². The van der Waals surface area contributed by atoms with Crippen LogP contribution >= 0.6 is 23.2 Å². The third-order valence-electron chi connectivity index (χ3n) is 4.04. The van der Waals surface area contributed by atoms with E-state index in [-0.39, 0.29) is 0 Å². The van der Waals surface area contributed by atoms with Crippen molar-refractivity contribution in [3.05, 3.63) is 39.1 Å². The van der Waals surface area contributed by atoms with Gasteiger partial charge < -0.3 is 5.11 Å². The van der Waals surface area contributed by atoms with Crippen molar-refractivity contribution in [3.8, 4) is 0 Å². The molecule has 2 aliphatic rings. The van der Waals surface area contributed by atoms with Crippen LogP contribution in [0.15, 0.2) is 33.5 Å². The third kappa shape index (κ3) is 4.81. The lowest BCUT2D eigenvalue weighted by Crippen LogP contribution is -2.43. The van der Waals surface area contributed by atoms with E-state index in [1.807, 2.05) is 5.43 Å². The Morgan fingerprint density at radius 1 is 1.00 bits per heavy atom. The Bertz CT molecular complexity index is 1090. The van der Waals surface area contributed by atoms with Crippen LogP contribution in [0, 0.1) is 0 Å². The zero-order valence-electron chi connectivity index (χ0n) is 15.1. The molecule has 3 N–H and O–H groups in total. The Balaban J connectivity index is 2.26. The van der Waals surface area contributed by atoms with E-state index in [0.717, 1.165) is 0 Å². The van der Waals surface area contributed by atoms with E-state index >= 15 is 0 Å². The SMILES string of the molecule is O=C(O)NC1=C2C(C(F)(F)F)=NC(C(F)(F)F)=NC2NN1c1c(Cl)cc(C(F)(F)F)cc1Cl. The first-order chi connectivity index (χ1) is 14.9. The van der Waals surface area contributed by atoms with E-state index in [4.69, 9.17) is 28.3 Å². The zero-order valence-corrected chi connectivity index (χ0v) is 16.6. The fraction of sp³-hybridized carbons (Fsp3) is 0.267. The number of halogens is 11. The Morgan fingerprint density at radius 2 is 1.55 bits per heavy atom. The average Bonchev–Trinajstić information content (AvgIpc) is 2.95. The highest BCUT2D eigenvalue weighted by atomic mass is 35.5. The molecule has 0 spiro atoms. The van der Waals surface area contributed by atoms with Gasteiger partial charge in [0.1, 0.15) is 5.82 Å². The normalized spacial score (nSPS) is 19.4. The van der Waals surface area contributed by atoms with Gasteiger partial charge in [-0.2, -0.15) is 44.9 Å². The van der Waals surface area contributed by atoms with Crippen LogP contribution in [0.2, 0.25) is 10.0 Å². The van der Waals surface area contributed by atoms with Crippen molar-refractivity contribution in [1.29, 1.82) is 0 Å². The second kappa shape index (κ2) is 7.95. The molecule has 1 aromatic carbocycles. The largest absolute Gasteiger partial charge is 0.465 e. The van der Waals surface area contributed by atoms with E-state index in [9.17, 15) is 44.3 Å². The van der Waals surface area contributed by atoms with Crippen LogP contribution in [0.5, 0.6) is 0 Å². The molecule has 1 aromatic rings. The number of fused-ring (bicyclic) bond motifs is 1. The predicted octanol–water partition coefficient (Wildman–Crippen LogP) is 5.12. The van der Waals surface area contributed by atoms with Gasteiger partial charge in [0.05, 0.1) is 26.9 Å². The molecule has 0 aliphatic carbocycles. The van der Waals surface area contributed by atoms with Crippen molar-refractivity contribution in [1.82, 2.24) is 10.7 Å². The van der Waals surface area contributed by atoms with Crippen molar-refractivity contribution in [2.45, 2.75) is 24.7 Å². The monoisotopic (exact) mass is 529 g/mol. The fourth-order valence-electron chi connectivity index (χ4n) is 2.85. The van der Waals surface area contributed by atoms with Gasteiger partial charge in [0.2, 0.25) is 5.84 Å². The molecule has 7 nitrogen and oxygen atoms in total. The summed E-state index contributed by atoms with van der Waals surface area (Å²) >= 11 is 11.6. The van der Waals surface area contributed by atoms with Gasteiger partial charge in [0.15, 0.2) is 11.9 Å². The highest BCUT2D eigenvalue weighted by molar-refractivity contribution is 6.39. The number of benzene rings is 1. The third-order valence-corrected chi connectivity index (χ3v) is 4.62. The molecular formula is C15H6Cl2F9N5O2. The van der Waals surface area contributed by atoms with Crippen molar-refractivity contribution in [2.75, 3.05) is 5.01 Å². The second-order valence-electron chi connectivity index (χ2n) is 6.25. The van der Waals surface area contributed by atoms with E-state index in [0.29, 0.717) is 17.1 Å². The van der Waals surface area contributed by atoms with Gasteiger partial charge in [-0.15, -0.1) is 0 Å². The van der Waals surface area contributed by atoms with Crippen LogP contribution < -0.4 is 15.8 Å². The number of amidine groups is 1. The number of aliphatic imine (C=N–C) groups is 2. The molecule has 1 unspecified atom stereocenters. The lowest BCUT2D eigenvalue weighted by molar-refractivity contribution is -0.137. The fourth-order valence-corrected chi connectivity index (χ4v) is 3.51. The van der Waals surface area contributed by atoms with Crippen LogP contribution in [0.1, 0.15) is 5.56 Å². The maximum Gasteiger partial charge on any atom is 0.451 e. The number of carbonyl (C=O) groups is 1. The van der Waals surface area contributed by atoms with Crippen LogP contribution in [0.3, 0.4) is 0 Å². The molecular weight excluding hydrogens is 524 g/mol. The van der Waals surface area contributed by atoms with Crippen LogP contribution in [-0.4, -0.2) is 41.3 Å². The summed E-state index contributed by atoms with van der Waals surface area (Å²) in [4.78, 5) is 16.7. The van der Waals surface area contributed by atoms with Gasteiger partial charge in [-0.05, 0) is 12.1 Å². The molecule has 0 radical (unpaired) electrons. The van der Waals surface area contributed by atoms with E-state index in [1.54, 1.807) is 0 Å². The number of rotatable bonds is 2. The molecule has 2 aliphatic heterocycles. The first-order valence-corrected chi connectivity index (χ1v) is 8.84. The van der Waals surface area contributed by atoms with Crippen molar-refractivity contribution in [2.24, 2.45) is 9.98 Å². The van der Waals surface area contributed by atoms with Crippen molar-refractivity contribution >= 4 is 46.5 Å². The number of nitrogens with zero attached hydrogens (tertiary/aromatic N) is 3. The lowest BCUT2D eigenvalue weighted by Gasteiger charge is -2.25. The smallest absolute Gasteiger partial charge is 0.451 e. The molecule has 2 heterocycles. The minimum atomic E-state index is -5.52. The number of amides is 1. The summed E-state index contributed by atoms with van der Waals surface area (Å²) in [6.45, 7) is 0. The standard InChI is InChI=1S/C15H6Cl2F9N5O2/c16-4-1-3(13(18,19)20)2-5(17)7(4)31-10(29-12(32)33)6-8(14(21,22)23)27-11(15(24,25)26)28-9(6)30-31/h1-2,9,29-30H,(H,32,33). The first-order valence-electron chi connectivity index (χ1n) is 8.09. The van der Waals surface area contributed by atoms with Crippen LogP contribution in [0.4, 0.5) is 50.0 Å². The number of alkyl halides is 9. The molecule has 180 valence electrons. The summed E-state index contributed by atoms with van der Waals surface area (Å²) < 4.78 is 119. The van der Waals surface area contributed by atoms with Gasteiger partial charge in [0.25, 0.3) is 0 Å². The number of nitrogens with one attached hydrogen (secondary N) is 2. The summed E-state index contributed by atoms with van der Waals surface area (Å²) in [5.41, 5.74) is -3.36. The quantitative estimate of drug-likeness (QED) is 0.464. The molecule has 0 saturated carbocycles. The minimum absolute atomic E-state index is 0.332. The van der Waals surface area contributed by atoms with E-state index in [2.05, 4.69) is 9.98 Å². The number of carboxylic acid groups (broad SMARTS) is 1. The molecule has 1 atom stereocenters. The minimum Gasteiger partial charge on any atom is -0.465 e. The molecule has 0 aromatic heterocycles. The van der Waals surface area contributed by atoms with Gasteiger partial charge in [0, 0.05) is 0 Å². The maximum atomic E-state index is 13.5. The Labute approximate surface area is 186 Å². The highest BCUT2D eigenvalue weighted by Crippen LogP contribution is 2.44. The Morgan fingerprint density at radius 3 is 1.97 bits per heavy atom. The maximum absolute atomic E-state index is 13.5. The van der Waals surface area contributed by atoms with Gasteiger partial charge in [-0.25, -0.2) is 14.8 Å². The molecule has 18 heteroatoms. The number of hydrazine groups is 1. The topological polar surface area (TPSA) is 89.3 Å². The molecule has 3 rings (SSSR count). The number of anilines is 1. The van der Waals surface area contributed by atoms with Gasteiger partial charge in [-0.3, -0.25) is 10.3 Å². The van der Waals surface area contributed by atoms with Crippen LogP contribution in [-0.2, 0) is 6.18 Å². The number of hydrogen-bond acceptors (Lipinski definition) is 5. The summed E-state index contributed by atoms with van der Waals surface area (Å²) in [5.74, 6) is -3.26. The molecule has 0 bridgehead atoms. The second-order valence-corrected chi connectivity index (χ2v) is 7.07. The molecule has 0 fully saturated rings. The molecule has 1 amide bonds. The average molecular weight is 530 g/mol. The summed E-state index contributed by atoms with van der Waals surface area (Å²) in [5, 5.41) is 9.28. The highest BCUT2D eigenvalue weighted by Gasteiger charge is 2.52.